The molecule has 48 heavy (non-hydrogen) atoms. The van der Waals surface area contributed by atoms with Crippen LogP contribution in [0.15, 0.2) is 78.9 Å². The number of benzene rings is 3. The molecule has 0 spiro atoms. The van der Waals surface area contributed by atoms with Crippen LogP contribution in [0.1, 0.15) is 43.4 Å². The fraction of sp³-hybridized carbons (Fsp3) is 0.389. The van der Waals surface area contributed by atoms with Gasteiger partial charge in [0, 0.05) is 25.8 Å². The van der Waals surface area contributed by atoms with E-state index in [0.717, 1.165) is 23.5 Å². The number of amides is 4. The molecule has 0 radical (unpaired) electrons. The SMILES string of the molecule is CC(C)CCCNC(=O)[C@H](Cc1ccc(O)cc1)N1CC2N(C(=O)O)OC(Cc3ccccc3)C(=O)N2C(Cc2ccc(O)cc2)C1=O. The van der Waals surface area contributed by atoms with E-state index in [2.05, 4.69) is 19.2 Å². The van der Waals surface area contributed by atoms with Crippen molar-refractivity contribution in [1.29, 1.82) is 0 Å². The van der Waals surface area contributed by atoms with Crippen molar-refractivity contribution in [3.8, 4) is 11.5 Å². The third kappa shape index (κ3) is 8.06. The van der Waals surface area contributed by atoms with Crippen molar-refractivity contribution in [2.75, 3.05) is 13.1 Å². The highest BCUT2D eigenvalue weighted by molar-refractivity contribution is 5.95. The standard InChI is InChI=1S/C36H42N4O8/c1-23(2)7-6-18-37-33(43)29(19-25-10-14-27(41)15-11-25)38-22-32-39(30(34(38)44)20-26-12-16-28(42)17-13-26)35(45)31(48-40(32)36(46)47)21-24-8-4-3-5-9-24/h3-5,8-17,23,29-32,41-42H,6-7,18-22H2,1-2H3,(H,37,43)(H,46,47)/t29-,30?,31?,32?/m0/s1. The van der Waals surface area contributed by atoms with E-state index in [4.69, 9.17) is 4.84 Å². The highest BCUT2D eigenvalue weighted by Crippen LogP contribution is 2.32. The van der Waals surface area contributed by atoms with Gasteiger partial charge in [0.2, 0.25) is 11.8 Å². The number of carbonyl (C=O) groups excluding carboxylic acids is 3. The number of phenols is 2. The van der Waals surface area contributed by atoms with Crippen LogP contribution in [0.2, 0.25) is 0 Å². The van der Waals surface area contributed by atoms with Crippen LogP contribution in [0, 0.1) is 5.92 Å². The Kier molecular flexibility index (Phi) is 10.8. The number of carbonyl (C=O) groups is 4. The molecule has 0 aromatic heterocycles. The van der Waals surface area contributed by atoms with E-state index in [1.54, 1.807) is 48.5 Å². The third-order valence-corrected chi connectivity index (χ3v) is 8.75. The van der Waals surface area contributed by atoms with Crippen LogP contribution < -0.4 is 5.32 Å². The lowest BCUT2D eigenvalue weighted by Gasteiger charge is -2.53. The van der Waals surface area contributed by atoms with E-state index in [1.165, 1.54) is 34.1 Å². The summed E-state index contributed by atoms with van der Waals surface area (Å²) in [6.45, 7) is 4.27. The molecular formula is C36H42N4O8. The quantitative estimate of drug-likeness (QED) is 0.214. The number of hydroxylamine groups is 2. The number of carboxylic acid groups (broad SMARTS) is 1. The van der Waals surface area contributed by atoms with Crippen LogP contribution in [0.4, 0.5) is 4.79 Å². The van der Waals surface area contributed by atoms with Gasteiger partial charge in [-0.3, -0.25) is 19.2 Å². The zero-order valence-electron chi connectivity index (χ0n) is 27.1. The lowest BCUT2D eigenvalue weighted by atomic mass is 9.94. The van der Waals surface area contributed by atoms with Crippen LogP contribution in [-0.2, 0) is 38.5 Å². The summed E-state index contributed by atoms with van der Waals surface area (Å²) < 4.78 is 0. The van der Waals surface area contributed by atoms with E-state index in [0.29, 0.717) is 23.6 Å². The van der Waals surface area contributed by atoms with Crippen LogP contribution in [0.5, 0.6) is 11.5 Å². The van der Waals surface area contributed by atoms with Crippen molar-refractivity contribution in [3.63, 3.8) is 0 Å². The summed E-state index contributed by atoms with van der Waals surface area (Å²) in [6, 6.07) is 19.3. The zero-order valence-corrected chi connectivity index (χ0v) is 27.1. The smallest absolute Gasteiger partial charge is 0.433 e. The molecule has 2 aliphatic heterocycles. The molecule has 4 amide bonds. The Hall–Kier alpha value is -5.10. The van der Waals surface area contributed by atoms with E-state index >= 15 is 0 Å². The Labute approximate surface area is 279 Å². The molecule has 4 atom stereocenters. The Balaban J connectivity index is 1.52. The first kappa shape index (κ1) is 34.2. The van der Waals surface area contributed by atoms with Gasteiger partial charge in [-0.15, -0.1) is 0 Å². The third-order valence-electron chi connectivity index (χ3n) is 8.75. The highest BCUT2D eigenvalue weighted by Gasteiger charge is 2.54. The Morgan fingerprint density at radius 3 is 2.06 bits per heavy atom. The van der Waals surface area contributed by atoms with E-state index < -0.39 is 48.2 Å². The minimum atomic E-state index is -1.44. The maximum Gasteiger partial charge on any atom is 0.433 e. The van der Waals surface area contributed by atoms with Gasteiger partial charge in [0.05, 0.1) is 6.54 Å². The van der Waals surface area contributed by atoms with E-state index in [9.17, 15) is 34.5 Å². The first-order valence-electron chi connectivity index (χ1n) is 16.2. The number of fused-ring (bicyclic) bond motifs is 1. The van der Waals surface area contributed by atoms with Crippen LogP contribution in [-0.4, -0.2) is 91.4 Å². The van der Waals surface area contributed by atoms with Gasteiger partial charge >= 0.3 is 6.09 Å². The molecule has 2 heterocycles. The molecule has 0 saturated carbocycles. The van der Waals surface area contributed by atoms with Crippen molar-refractivity contribution in [2.24, 2.45) is 5.92 Å². The predicted octanol–water partition coefficient (Wildman–Crippen LogP) is 3.71. The molecule has 12 heteroatoms. The van der Waals surface area contributed by atoms with E-state index in [-0.39, 0.29) is 37.3 Å². The van der Waals surface area contributed by atoms with Gasteiger partial charge in [0.1, 0.15) is 23.6 Å². The topological polar surface area (TPSA) is 160 Å². The zero-order chi connectivity index (χ0) is 34.4. The number of rotatable bonds is 12. The maximum absolute atomic E-state index is 14.6. The molecule has 3 aromatic rings. The molecule has 2 saturated heterocycles. The number of hydrogen-bond acceptors (Lipinski definition) is 7. The van der Waals surface area contributed by atoms with Crippen LogP contribution >= 0.6 is 0 Å². The van der Waals surface area contributed by atoms with Crippen molar-refractivity contribution in [1.82, 2.24) is 20.2 Å². The van der Waals surface area contributed by atoms with Gasteiger partial charge in [0.15, 0.2) is 12.3 Å². The summed E-state index contributed by atoms with van der Waals surface area (Å²) in [5, 5.41) is 33.7. The average molecular weight is 659 g/mol. The first-order valence-corrected chi connectivity index (χ1v) is 16.2. The number of hydrogen-bond donors (Lipinski definition) is 4. The summed E-state index contributed by atoms with van der Waals surface area (Å²) in [7, 11) is 0. The molecule has 2 aliphatic rings. The lowest BCUT2D eigenvalue weighted by molar-refractivity contribution is -0.265. The fourth-order valence-electron chi connectivity index (χ4n) is 6.26. The van der Waals surface area contributed by atoms with Crippen molar-refractivity contribution < 1.29 is 39.3 Å². The second-order valence-corrected chi connectivity index (χ2v) is 12.7. The Morgan fingerprint density at radius 1 is 0.854 bits per heavy atom. The van der Waals surface area contributed by atoms with Gasteiger partial charge in [-0.1, -0.05) is 68.4 Å². The Bertz CT molecular complexity index is 1580. The minimum Gasteiger partial charge on any atom is -0.508 e. The highest BCUT2D eigenvalue weighted by atomic mass is 16.7. The second-order valence-electron chi connectivity index (χ2n) is 12.7. The molecule has 0 aliphatic carbocycles. The predicted molar refractivity (Wildman–Crippen MR) is 176 cm³/mol. The number of nitrogens with one attached hydrogen (secondary N) is 1. The van der Waals surface area contributed by atoms with Crippen molar-refractivity contribution >= 4 is 23.8 Å². The van der Waals surface area contributed by atoms with Crippen molar-refractivity contribution in [3.05, 3.63) is 95.6 Å². The average Bonchev–Trinajstić information content (AvgIpc) is 3.06. The largest absolute Gasteiger partial charge is 0.508 e. The molecule has 2 fully saturated rings. The van der Waals surface area contributed by atoms with Gasteiger partial charge < -0.3 is 30.4 Å². The van der Waals surface area contributed by atoms with Gasteiger partial charge in [0.25, 0.3) is 5.91 Å². The molecule has 3 unspecified atom stereocenters. The number of piperazine rings is 1. The summed E-state index contributed by atoms with van der Waals surface area (Å²) in [5.74, 6) is -0.942. The molecule has 254 valence electrons. The number of aromatic hydroxyl groups is 2. The molecule has 0 bridgehead atoms. The van der Waals surface area contributed by atoms with Gasteiger partial charge in [-0.05, 0) is 59.7 Å². The summed E-state index contributed by atoms with van der Waals surface area (Å²) in [6.07, 6.45) is -2.09. The minimum absolute atomic E-state index is 0.00526. The molecular weight excluding hydrogens is 616 g/mol. The molecule has 5 rings (SSSR count). The van der Waals surface area contributed by atoms with Crippen LogP contribution in [0.25, 0.3) is 0 Å². The number of phenolic OH excluding ortho intramolecular Hbond substituents is 2. The summed E-state index contributed by atoms with van der Waals surface area (Å²) in [4.78, 5) is 63.8. The lowest BCUT2D eigenvalue weighted by Crippen LogP contribution is -2.75. The van der Waals surface area contributed by atoms with Gasteiger partial charge in [-0.25, -0.2) is 4.79 Å². The molecule has 4 N–H and O–H groups in total. The monoisotopic (exact) mass is 658 g/mol. The van der Waals surface area contributed by atoms with Gasteiger partial charge in [-0.2, -0.15) is 5.06 Å². The van der Waals surface area contributed by atoms with Crippen molar-refractivity contribution in [2.45, 2.75) is 70.3 Å². The maximum atomic E-state index is 14.6. The Morgan fingerprint density at radius 2 is 1.46 bits per heavy atom. The van der Waals surface area contributed by atoms with Crippen LogP contribution in [0.3, 0.4) is 0 Å². The summed E-state index contributed by atoms with van der Waals surface area (Å²) in [5.41, 5.74) is 2.05. The number of nitrogens with zero attached hydrogens (tertiary/aromatic N) is 3. The fourth-order valence-corrected chi connectivity index (χ4v) is 6.26. The first-order chi connectivity index (χ1) is 23.0. The second kappa shape index (κ2) is 15.2. The molecule has 3 aromatic carbocycles. The summed E-state index contributed by atoms with van der Waals surface area (Å²) >= 11 is 0. The van der Waals surface area contributed by atoms with E-state index in [1.807, 2.05) is 6.07 Å². The molecule has 12 nitrogen and oxygen atoms in total. The normalized spacial score (nSPS) is 20.1.